The number of nitrogens with zero attached hydrogens (tertiary/aromatic N) is 6. The van der Waals surface area contributed by atoms with Crippen LogP contribution in [-0.2, 0) is 12.2 Å². The Morgan fingerprint density at radius 2 is 1.96 bits per heavy atom. The molecule has 138 valence electrons. The second-order valence-electron chi connectivity index (χ2n) is 5.91. The number of aromatic nitrogens is 6. The van der Waals surface area contributed by atoms with E-state index >= 15 is 0 Å². The van der Waals surface area contributed by atoms with Crippen LogP contribution < -0.4 is 0 Å². The van der Waals surface area contributed by atoms with Gasteiger partial charge in [0.15, 0.2) is 5.76 Å². The lowest BCUT2D eigenvalue weighted by Gasteiger charge is -2.05. The van der Waals surface area contributed by atoms with Crippen molar-refractivity contribution in [2.75, 3.05) is 0 Å². The number of unbranched alkanes of at least 4 members (excludes halogenated alkanes) is 1. The first-order chi connectivity index (χ1) is 13.3. The predicted octanol–water partition coefficient (Wildman–Crippen LogP) is 3.94. The average molecular weight is 382 g/mol. The fraction of sp³-hybridized carbons (Fsp3) is 0.278. The highest BCUT2D eigenvalue weighted by atomic mass is 32.2. The Hall–Kier alpha value is -2.94. The molecule has 0 bridgehead atoms. The van der Waals surface area contributed by atoms with Gasteiger partial charge >= 0.3 is 0 Å². The predicted molar refractivity (Wildman–Crippen MR) is 99.3 cm³/mol. The van der Waals surface area contributed by atoms with Gasteiger partial charge < -0.3 is 8.83 Å². The summed E-state index contributed by atoms with van der Waals surface area (Å²) in [5.74, 6) is 1.85. The molecule has 4 aromatic rings. The molecular weight excluding hydrogens is 364 g/mol. The van der Waals surface area contributed by atoms with Crippen LogP contribution in [0, 0.1) is 0 Å². The molecule has 8 nitrogen and oxygen atoms in total. The van der Waals surface area contributed by atoms with Crippen LogP contribution in [0.4, 0.5) is 0 Å². The summed E-state index contributed by atoms with van der Waals surface area (Å²) < 4.78 is 12.6. The van der Waals surface area contributed by atoms with Crippen LogP contribution in [0.15, 0.2) is 56.7 Å². The minimum Gasteiger partial charge on any atom is -0.459 e. The lowest BCUT2D eigenvalue weighted by atomic mass is 10.1. The number of thioether (sulfide) groups is 1. The van der Waals surface area contributed by atoms with Gasteiger partial charge in [-0.05, 0) is 53.1 Å². The van der Waals surface area contributed by atoms with E-state index in [1.165, 1.54) is 30.2 Å². The Kier molecular flexibility index (Phi) is 5.29. The molecule has 0 aliphatic heterocycles. The molecule has 27 heavy (non-hydrogen) atoms. The molecule has 9 heteroatoms. The molecule has 0 aliphatic rings. The highest BCUT2D eigenvalue weighted by molar-refractivity contribution is 7.98. The van der Waals surface area contributed by atoms with Gasteiger partial charge in [-0.25, -0.2) is 0 Å². The van der Waals surface area contributed by atoms with Crippen molar-refractivity contribution in [2.24, 2.45) is 0 Å². The Balaban J connectivity index is 1.43. The van der Waals surface area contributed by atoms with E-state index in [-0.39, 0.29) is 0 Å². The van der Waals surface area contributed by atoms with E-state index in [1.807, 2.05) is 12.1 Å². The molecule has 0 saturated carbocycles. The van der Waals surface area contributed by atoms with Crippen molar-refractivity contribution in [2.45, 2.75) is 37.1 Å². The zero-order valence-corrected chi connectivity index (χ0v) is 15.6. The summed E-state index contributed by atoms with van der Waals surface area (Å²) in [6.07, 6.45) is 5.03. The van der Waals surface area contributed by atoms with Gasteiger partial charge in [-0.2, -0.15) is 4.68 Å². The molecule has 1 aromatic carbocycles. The van der Waals surface area contributed by atoms with Crippen LogP contribution in [0.2, 0.25) is 0 Å². The van der Waals surface area contributed by atoms with Crippen molar-refractivity contribution >= 4 is 11.8 Å². The van der Waals surface area contributed by atoms with E-state index in [0.29, 0.717) is 28.5 Å². The summed E-state index contributed by atoms with van der Waals surface area (Å²) in [6.45, 7) is 2.19. The second-order valence-corrected chi connectivity index (χ2v) is 6.85. The molecule has 3 aromatic heterocycles. The molecule has 0 unspecified atom stereocenters. The average Bonchev–Trinajstić information content (AvgIpc) is 3.46. The minimum absolute atomic E-state index is 0.359. The highest BCUT2D eigenvalue weighted by Gasteiger charge is 2.14. The second kappa shape index (κ2) is 8.17. The fourth-order valence-corrected chi connectivity index (χ4v) is 3.28. The molecule has 4 rings (SSSR count). The van der Waals surface area contributed by atoms with E-state index in [0.717, 1.165) is 12.1 Å². The quantitative estimate of drug-likeness (QED) is 0.423. The third kappa shape index (κ3) is 4.08. The normalized spacial score (nSPS) is 11.1. The number of benzene rings is 1. The van der Waals surface area contributed by atoms with Crippen molar-refractivity contribution < 1.29 is 8.83 Å². The molecule has 0 saturated heterocycles. The van der Waals surface area contributed by atoms with E-state index in [2.05, 4.69) is 44.8 Å². The number of rotatable bonds is 8. The maximum atomic E-state index is 5.61. The molecular formula is C18H18N6O2S. The molecule has 0 aliphatic carbocycles. The maximum absolute atomic E-state index is 5.61. The zero-order chi connectivity index (χ0) is 18.5. The molecule has 0 N–H and O–H groups in total. The third-order valence-corrected chi connectivity index (χ3v) is 4.87. The molecule has 3 heterocycles. The van der Waals surface area contributed by atoms with Gasteiger partial charge in [-0.1, -0.05) is 37.2 Å². The van der Waals surface area contributed by atoms with E-state index in [4.69, 9.17) is 8.83 Å². The largest absolute Gasteiger partial charge is 0.459 e. The Morgan fingerprint density at radius 1 is 1.07 bits per heavy atom. The van der Waals surface area contributed by atoms with Crippen LogP contribution in [0.1, 0.15) is 31.2 Å². The van der Waals surface area contributed by atoms with Crippen LogP contribution in [0.5, 0.6) is 0 Å². The van der Waals surface area contributed by atoms with Gasteiger partial charge in [0, 0.05) is 0 Å². The summed E-state index contributed by atoms with van der Waals surface area (Å²) >= 11 is 1.43. The minimum atomic E-state index is 0.359. The third-order valence-electron chi connectivity index (χ3n) is 3.96. The number of furan rings is 1. The zero-order valence-electron chi connectivity index (χ0n) is 14.8. The summed E-state index contributed by atoms with van der Waals surface area (Å²) in [7, 11) is 0. The highest BCUT2D eigenvalue weighted by Crippen LogP contribution is 2.24. The smallest absolute Gasteiger partial charge is 0.283 e. The van der Waals surface area contributed by atoms with Gasteiger partial charge in [0.25, 0.3) is 5.89 Å². The maximum Gasteiger partial charge on any atom is 0.283 e. The first kappa shape index (κ1) is 17.5. The fourth-order valence-electron chi connectivity index (χ4n) is 2.55. The van der Waals surface area contributed by atoms with Gasteiger partial charge in [0.05, 0.1) is 17.7 Å². The molecule has 0 radical (unpaired) electrons. The van der Waals surface area contributed by atoms with Crippen LogP contribution >= 0.6 is 11.8 Å². The van der Waals surface area contributed by atoms with Crippen LogP contribution in [0.25, 0.3) is 17.3 Å². The Labute approximate surface area is 160 Å². The van der Waals surface area contributed by atoms with Gasteiger partial charge in [0.1, 0.15) is 0 Å². The Morgan fingerprint density at radius 3 is 2.74 bits per heavy atom. The van der Waals surface area contributed by atoms with Crippen LogP contribution in [0.3, 0.4) is 0 Å². The van der Waals surface area contributed by atoms with Gasteiger partial charge in [-0.15, -0.1) is 15.3 Å². The van der Waals surface area contributed by atoms with E-state index in [9.17, 15) is 0 Å². The summed E-state index contributed by atoms with van der Waals surface area (Å²) in [5.41, 5.74) is 2.24. The van der Waals surface area contributed by atoms with Crippen molar-refractivity contribution in [1.82, 2.24) is 30.4 Å². The van der Waals surface area contributed by atoms with E-state index in [1.54, 1.807) is 23.1 Å². The van der Waals surface area contributed by atoms with Gasteiger partial charge in [0.2, 0.25) is 11.0 Å². The number of aryl methyl sites for hydroxylation is 1. The SMILES string of the molecule is CCCCc1ccc(-n2nnnc2SCc2nnc(-c3ccco3)o2)cc1. The van der Waals surface area contributed by atoms with E-state index < -0.39 is 0 Å². The first-order valence-corrected chi connectivity index (χ1v) is 9.69. The van der Waals surface area contributed by atoms with Crippen molar-refractivity contribution in [1.29, 1.82) is 0 Å². The first-order valence-electron chi connectivity index (χ1n) is 8.70. The summed E-state index contributed by atoms with van der Waals surface area (Å²) in [6, 6.07) is 11.9. The molecule has 0 amide bonds. The van der Waals surface area contributed by atoms with Crippen molar-refractivity contribution in [3.8, 4) is 17.3 Å². The lowest BCUT2D eigenvalue weighted by molar-refractivity contribution is 0.494. The van der Waals surface area contributed by atoms with Crippen LogP contribution in [-0.4, -0.2) is 30.4 Å². The number of hydrogen-bond acceptors (Lipinski definition) is 8. The topological polar surface area (TPSA) is 95.7 Å². The molecule has 0 fully saturated rings. The van der Waals surface area contributed by atoms with Crippen molar-refractivity contribution in [3.63, 3.8) is 0 Å². The number of hydrogen-bond donors (Lipinski definition) is 0. The molecule has 0 atom stereocenters. The summed E-state index contributed by atoms with van der Waals surface area (Å²) in [4.78, 5) is 0. The van der Waals surface area contributed by atoms with Crippen molar-refractivity contribution in [3.05, 3.63) is 54.1 Å². The Bertz CT molecular complexity index is 978. The monoisotopic (exact) mass is 382 g/mol. The van der Waals surface area contributed by atoms with Gasteiger partial charge in [-0.3, -0.25) is 0 Å². The summed E-state index contributed by atoms with van der Waals surface area (Å²) in [5, 5.41) is 20.7. The molecule has 0 spiro atoms. The number of tetrazole rings is 1. The lowest BCUT2D eigenvalue weighted by Crippen LogP contribution is -1.99. The standard InChI is InChI=1S/C18H18N6O2S/c1-2-3-5-13-7-9-14(10-8-13)24-18(21-22-23-24)27-12-16-19-20-17(26-16)15-6-4-11-25-15/h4,6-11H,2-3,5,12H2,1H3.